The Balaban J connectivity index is 2.91. The number of nitrogens with two attached hydrogens (primary N) is 1. The average molecular weight is 250 g/mol. The summed E-state index contributed by atoms with van der Waals surface area (Å²) in [5.41, 5.74) is 5.42. The fourth-order valence-electron chi connectivity index (χ4n) is 2.21. The van der Waals surface area contributed by atoms with E-state index in [4.69, 9.17) is 10.6 Å². The van der Waals surface area contributed by atoms with Crippen molar-refractivity contribution in [1.82, 2.24) is 5.43 Å². The molecule has 1 rings (SSSR count). The minimum Gasteiger partial charge on any atom is -0.376 e. The second-order valence-electron chi connectivity index (χ2n) is 4.90. The largest absolute Gasteiger partial charge is 0.376 e. The van der Waals surface area contributed by atoms with Crippen molar-refractivity contribution in [2.45, 2.75) is 46.3 Å². The molecule has 1 aromatic rings. The van der Waals surface area contributed by atoms with Gasteiger partial charge in [0.15, 0.2) is 0 Å². The average Bonchev–Trinajstić information content (AvgIpc) is 2.39. The molecule has 18 heavy (non-hydrogen) atoms. The van der Waals surface area contributed by atoms with Gasteiger partial charge in [-0.15, -0.1) is 0 Å². The predicted molar refractivity (Wildman–Crippen MR) is 76.1 cm³/mol. The maximum Gasteiger partial charge on any atom is 0.0805 e. The van der Waals surface area contributed by atoms with Crippen molar-refractivity contribution in [3.05, 3.63) is 35.4 Å². The van der Waals surface area contributed by atoms with Crippen molar-refractivity contribution in [2.24, 2.45) is 11.8 Å². The lowest BCUT2D eigenvalue weighted by molar-refractivity contribution is 0.00277. The summed E-state index contributed by atoms with van der Waals surface area (Å²) in [6, 6.07) is 8.62. The number of hydrazine groups is 1. The molecule has 3 heteroatoms. The molecule has 2 atom stereocenters. The van der Waals surface area contributed by atoms with E-state index < -0.39 is 0 Å². The van der Waals surface area contributed by atoms with Crippen LogP contribution >= 0.6 is 0 Å². The third kappa shape index (κ3) is 3.80. The third-order valence-electron chi connectivity index (χ3n) is 3.27. The van der Waals surface area contributed by atoms with E-state index in [0.717, 1.165) is 6.42 Å². The molecule has 3 N–H and O–H groups in total. The highest BCUT2D eigenvalue weighted by atomic mass is 16.5. The van der Waals surface area contributed by atoms with Crippen LogP contribution in [0.3, 0.4) is 0 Å². The molecular weight excluding hydrogens is 224 g/mol. The monoisotopic (exact) mass is 250 g/mol. The molecule has 3 nitrogen and oxygen atoms in total. The predicted octanol–water partition coefficient (Wildman–Crippen LogP) is 2.81. The highest BCUT2D eigenvalue weighted by molar-refractivity contribution is 5.25. The van der Waals surface area contributed by atoms with Gasteiger partial charge in [-0.25, -0.2) is 0 Å². The Morgan fingerprint density at radius 2 is 1.78 bits per heavy atom. The van der Waals surface area contributed by atoms with E-state index in [0.29, 0.717) is 12.5 Å². The third-order valence-corrected chi connectivity index (χ3v) is 3.27. The molecule has 0 spiro atoms. The van der Waals surface area contributed by atoms with E-state index in [9.17, 15) is 0 Å². The quantitative estimate of drug-likeness (QED) is 0.578. The van der Waals surface area contributed by atoms with Crippen LogP contribution in [-0.2, 0) is 11.2 Å². The van der Waals surface area contributed by atoms with Gasteiger partial charge in [0, 0.05) is 6.61 Å². The minimum atomic E-state index is 0.0378. The van der Waals surface area contributed by atoms with Gasteiger partial charge < -0.3 is 4.74 Å². The molecule has 0 bridgehead atoms. The SMILES string of the molecule is CCOC(C(C)C)C(NN)c1ccc(CC)cc1. The summed E-state index contributed by atoms with van der Waals surface area (Å²) in [5.74, 6) is 6.13. The molecule has 0 aliphatic rings. The van der Waals surface area contributed by atoms with E-state index in [2.05, 4.69) is 50.5 Å². The highest BCUT2D eigenvalue weighted by Crippen LogP contribution is 2.24. The fourth-order valence-corrected chi connectivity index (χ4v) is 2.21. The molecule has 0 aromatic heterocycles. The second kappa shape index (κ2) is 7.52. The molecular formula is C15H26N2O. The maximum absolute atomic E-state index is 5.82. The Morgan fingerprint density at radius 1 is 1.17 bits per heavy atom. The number of nitrogens with one attached hydrogen (secondary N) is 1. The number of hydrogen-bond acceptors (Lipinski definition) is 3. The van der Waals surface area contributed by atoms with Gasteiger partial charge in [0.2, 0.25) is 0 Å². The van der Waals surface area contributed by atoms with Crippen molar-refractivity contribution in [3.8, 4) is 0 Å². The number of ether oxygens (including phenoxy) is 1. The first-order valence-electron chi connectivity index (χ1n) is 6.80. The van der Waals surface area contributed by atoms with Gasteiger partial charge in [0.05, 0.1) is 12.1 Å². The summed E-state index contributed by atoms with van der Waals surface area (Å²) in [6.07, 6.45) is 1.15. The molecule has 0 aliphatic carbocycles. The molecule has 0 aliphatic heterocycles. The van der Waals surface area contributed by atoms with Gasteiger partial charge >= 0.3 is 0 Å². The second-order valence-corrected chi connectivity index (χ2v) is 4.90. The molecule has 0 radical (unpaired) electrons. The van der Waals surface area contributed by atoms with Gasteiger partial charge in [-0.1, -0.05) is 45.0 Å². The lowest BCUT2D eigenvalue weighted by atomic mass is 9.93. The van der Waals surface area contributed by atoms with Crippen LogP contribution in [0.2, 0.25) is 0 Å². The van der Waals surface area contributed by atoms with Crippen molar-refractivity contribution in [1.29, 1.82) is 0 Å². The van der Waals surface area contributed by atoms with Crippen molar-refractivity contribution < 1.29 is 4.74 Å². The molecule has 0 fully saturated rings. The molecule has 2 unspecified atom stereocenters. The Morgan fingerprint density at radius 3 is 2.17 bits per heavy atom. The van der Waals surface area contributed by atoms with Crippen LogP contribution in [0.25, 0.3) is 0 Å². The lowest BCUT2D eigenvalue weighted by Gasteiger charge is -2.30. The van der Waals surface area contributed by atoms with E-state index in [-0.39, 0.29) is 12.1 Å². The Hall–Kier alpha value is -0.900. The van der Waals surface area contributed by atoms with Crippen molar-refractivity contribution in [3.63, 3.8) is 0 Å². The van der Waals surface area contributed by atoms with E-state index >= 15 is 0 Å². The van der Waals surface area contributed by atoms with Gasteiger partial charge in [0.1, 0.15) is 0 Å². The number of rotatable bonds is 7. The zero-order chi connectivity index (χ0) is 13.5. The lowest BCUT2D eigenvalue weighted by Crippen LogP contribution is -2.40. The van der Waals surface area contributed by atoms with Crippen LogP contribution < -0.4 is 11.3 Å². The summed E-state index contributed by atoms with van der Waals surface area (Å²) in [7, 11) is 0. The van der Waals surface area contributed by atoms with Crippen LogP contribution in [0.4, 0.5) is 0 Å². The first kappa shape index (κ1) is 15.2. The normalized spacial score (nSPS) is 14.8. The first-order chi connectivity index (χ1) is 8.63. The molecule has 102 valence electrons. The summed E-state index contributed by atoms with van der Waals surface area (Å²) >= 11 is 0. The summed E-state index contributed by atoms with van der Waals surface area (Å²) in [4.78, 5) is 0. The fraction of sp³-hybridized carbons (Fsp3) is 0.600. The van der Waals surface area contributed by atoms with Crippen LogP contribution in [0.15, 0.2) is 24.3 Å². The Labute approximate surface area is 111 Å². The van der Waals surface area contributed by atoms with Gasteiger partial charge in [-0.2, -0.15) is 0 Å². The Kier molecular flexibility index (Phi) is 6.33. The minimum absolute atomic E-state index is 0.0378. The van der Waals surface area contributed by atoms with E-state index in [1.165, 1.54) is 11.1 Å². The van der Waals surface area contributed by atoms with Gasteiger partial charge in [-0.3, -0.25) is 11.3 Å². The highest BCUT2D eigenvalue weighted by Gasteiger charge is 2.25. The van der Waals surface area contributed by atoms with Crippen molar-refractivity contribution in [2.75, 3.05) is 6.61 Å². The number of aryl methyl sites for hydroxylation is 1. The zero-order valence-electron chi connectivity index (χ0n) is 11.9. The van der Waals surface area contributed by atoms with Crippen LogP contribution in [-0.4, -0.2) is 12.7 Å². The van der Waals surface area contributed by atoms with Gasteiger partial charge in [0.25, 0.3) is 0 Å². The maximum atomic E-state index is 5.82. The molecule has 0 saturated heterocycles. The summed E-state index contributed by atoms with van der Waals surface area (Å²) < 4.78 is 5.82. The molecule has 0 heterocycles. The first-order valence-corrected chi connectivity index (χ1v) is 6.80. The van der Waals surface area contributed by atoms with Crippen LogP contribution in [0.1, 0.15) is 44.9 Å². The van der Waals surface area contributed by atoms with Crippen LogP contribution in [0, 0.1) is 5.92 Å². The summed E-state index contributed by atoms with van der Waals surface area (Å²) in [5, 5.41) is 0. The summed E-state index contributed by atoms with van der Waals surface area (Å²) in [6.45, 7) is 9.19. The van der Waals surface area contributed by atoms with Crippen molar-refractivity contribution >= 4 is 0 Å². The standard InChI is InChI=1S/C15H26N2O/c1-5-12-7-9-13(10-8-12)14(17-16)15(11(3)4)18-6-2/h7-11,14-15,17H,5-6,16H2,1-4H3. The van der Waals surface area contributed by atoms with E-state index in [1.807, 2.05) is 6.92 Å². The van der Waals surface area contributed by atoms with Gasteiger partial charge in [-0.05, 0) is 30.4 Å². The number of hydrogen-bond donors (Lipinski definition) is 2. The topological polar surface area (TPSA) is 47.3 Å². The van der Waals surface area contributed by atoms with Crippen LogP contribution in [0.5, 0.6) is 0 Å². The number of benzene rings is 1. The smallest absolute Gasteiger partial charge is 0.0805 e. The zero-order valence-corrected chi connectivity index (χ0v) is 11.9. The molecule has 1 aromatic carbocycles. The van der Waals surface area contributed by atoms with E-state index in [1.54, 1.807) is 0 Å². The molecule has 0 amide bonds. The molecule has 0 saturated carbocycles. The Bertz CT molecular complexity index is 335.